The predicted molar refractivity (Wildman–Crippen MR) is 102 cm³/mol. The van der Waals surface area contributed by atoms with Crippen LogP contribution in [0.25, 0.3) is 0 Å². The van der Waals surface area contributed by atoms with E-state index >= 15 is 0 Å². The Morgan fingerprint density at radius 1 is 1.11 bits per heavy atom. The van der Waals surface area contributed by atoms with Gasteiger partial charge < -0.3 is 15.2 Å². The number of nitrogens with zero attached hydrogens (tertiary/aromatic N) is 2. The molecule has 2 aliphatic rings. The summed E-state index contributed by atoms with van der Waals surface area (Å²) in [4.78, 5) is 29.9. The predicted octanol–water partition coefficient (Wildman–Crippen LogP) is 2.96. The first-order valence-corrected chi connectivity index (χ1v) is 10.1. The lowest BCUT2D eigenvalue weighted by molar-refractivity contribution is 0.0921. The smallest absolute Gasteiger partial charge is 0.287 e. The van der Waals surface area contributed by atoms with E-state index in [1.54, 1.807) is 18.2 Å². The summed E-state index contributed by atoms with van der Waals surface area (Å²) in [5, 5.41) is 5.80. The fraction of sp³-hybridized carbons (Fsp3) is 0.476. The van der Waals surface area contributed by atoms with E-state index in [4.69, 9.17) is 0 Å². The Morgan fingerprint density at radius 3 is 2.68 bits per heavy atom. The average Bonchev–Trinajstić information content (AvgIpc) is 3.35. The van der Waals surface area contributed by atoms with Gasteiger partial charge in [-0.3, -0.25) is 9.59 Å². The molecule has 0 radical (unpaired) electrons. The molecule has 2 heterocycles. The summed E-state index contributed by atoms with van der Waals surface area (Å²) in [7, 11) is 0. The van der Waals surface area contributed by atoms with E-state index in [1.165, 1.54) is 6.07 Å². The number of nitrogens with one attached hydrogen (secondary N) is 2. The molecule has 0 atom stereocenters. The maximum Gasteiger partial charge on any atom is 0.287 e. The average molecular weight is 384 g/mol. The van der Waals surface area contributed by atoms with Crippen LogP contribution in [0.15, 0.2) is 24.3 Å². The van der Waals surface area contributed by atoms with Gasteiger partial charge in [0.2, 0.25) is 0 Å². The van der Waals surface area contributed by atoms with Gasteiger partial charge in [0, 0.05) is 24.7 Å². The van der Waals surface area contributed by atoms with Crippen molar-refractivity contribution in [2.24, 2.45) is 0 Å². The normalized spacial score (nSPS) is 16.6. The molecule has 2 amide bonds. The van der Waals surface area contributed by atoms with Crippen molar-refractivity contribution in [2.75, 3.05) is 0 Å². The first kappa shape index (κ1) is 18.7. The molecule has 6 nitrogen and oxygen atoms in total. The van der Waals surface area contributed by atoms with E-state index in [2.05, 4.69) is 15.6 Å². The molecule has 1 aromatic carbocycles. The van der Waals surface area contributed by atoms with Gasteiger partial charge in [0.05, 0.1) is 5.69 Å². The lowest BCUT2D eigenvalue weighted by atomic mass is 10.1. The lowest BCUT2D eigenvalue weighted by Crippen LogP contribution is -2.35. The molecule has 1 aliphatic heterocycles. The van der Waals surface area contributed by atoms with Crippen LogP contribution < -0.4 is 10.6 Å². The number of carbonyl (C=O) groups excluding carboxylic acids is 2. The number of carbonyl (C=O) groups is 2. The first-order chi connectivity index (χ1) is 13.6. The number of halogens is 1. The molecule has 2 N–H and O–H groups in total. The number of aromatic nitrogens is 2. The summed E-state index contributed by atoms with van der Waals surface area (Å²) in [5.41, 5.74) is 1.50. The highest BCUT2D eigenvalue weighted by molar-refractivity contribution is 5.97. The lowest BCUT2D eigenvalue weighted by Gasteiger charge is -2.18. The highest BCUT2D eigenvalue weighted by Crippen LogP contribution is 2.23. The van der Waals surface area contributed by atoms with Crippen molar-refractivity contribution in [3.05, 3.63) is 52.9 Å². The summed E-state index contributed by atoms with van der Waals surface area (Å²) in [6.07, 6.45) is 6.89. The maximum absolute atomic E-state index is 13.8. The minimum absolute atomic E-state index is 0.0847. The van der Waals surface area contributed by atoms with Gasteiger partial charge in [-0.2, -0.15) is 0 Å². The van der Waals surface area contributed by atoms with Crippen molar-refractivity contribution < 1.29 is 14.0 Å². The summed E-state index contributed by atoms with van der Waals surface area (Å²) < 4.78 is 15.7. The fourth-order valence-electron chi connectivity index (χ4n) is 4.12. The topological polar surface area (TPSA) is 76.0 Å². The Kier molecular flexibility index (Phi) is 5.41. The number of rotatable bonds is 5. The fourth-order valence-corrected chi connectivity index (χ4v) is 4.12. The standard InChI is InChI=1S/C21H25FN4O2/c22-16-10-4-1-7-14(16)13-23-20(27)18-17-11-5-6-12-26(17)19(25-18)21(28)24-15-8-2-3-9-15/h1,4,7,10,15H,2-3,5-6,8-9,11-13H2,(H,23,27)(H,24,28). The molecule has 1 saturated carbocycles. The van der Waals surface area contributed by atoms with Crippen LogP contribution in [0, 0.1) is 5.82 Å². The van der Waals surface area contributed by atoms with Crippen molar-refractivity contribution in [3.8, 4) is 0 Å². The zero-order chi connectivity index (χ0) is 19.5. The quantitative estimate of drug-likeness (QED) is 0.832. The molecule has 1 fully saturated rings. The third-order valence-corrected chi connectivity index (χ3v) is 5.62. The summed E-state index contributed by atoms with van der Waals surface area (Å²) in [6, 6.07) is 6.54. The van der Waals surface area contributed by atoms with Crippen molar-refractivity contribution in [2.45, 2.75) is 64.1 Å². The number of hydrogen-bond donors (Lipinski definition) is 2. The second-order valence-electron chi connectivity index (χ2n) is 7.57. The Balaban J connectivity index is 1.53. The van der Waals surface area contributed by atoms with Gasteiger partial charge >= 0.3 is 0 Å². The second kappa shape index (κ2) is 8.12. The minimum Gasteiger partial charge on any atom is -0.347 e. The first-order valence-electron chi connectivity index (χ1n) is 10.1. The van der Waals surface area contributed by atoms with Gasteiger partial charge in [-0.05, 0) is 38.2 Å². The Labute approximate surface area is 163 Å². The van der Waals surface area contributed by atoms with Crippen molar-refractivity contribution in [1.82, 2.24) is 20.2 Å². The van der Waals surface area contributed by atoms with Crippen LogP contribution in [0.5, 0.6) is 0 Å². The van der Waals surface area contributed by atoms with Gasteiger partial charge in [-0.15, -0.1) is 0 Å². The van der Waals surface area contributed by atoms with E-state index in [-0.39, 0.29) is 35.9 Å². The van der Waals surface area contributed by atoms with E-state index < -0.39 is 0 Å². The maximum atomic E-state index is 13.8. The summed E-state index contributed by atoms with van der Waals surface area (Å²) in [6.45, 7) is 0.776. The summed E-state index contributed by atoms with van der Waals surface area (Å²) in [5.74, 6) is -0.610. The van der Waals surface area contributed by atoms with Crippen molar-refractivity contribution in [3.63, 3.8) is 0 Å². The molecule has 28 heavy (non-hydrogen) atoms. The second-order valence-corrected chi connectivity index (χ2v) is 7.57. The molecule has 1 aromatic heterocycles. The minimum atomic E-state index is -0.367. The number of fused-ring (bicyclic) bond motifs is 1. The molecule has 2 aromatic rings. The van der Waals surface area contributed by atoms with Crippen LogP contribution in [0.3, 0.4) is 0 Å². The Morgan fingerprint density at radius 2 is 1.89 bits per heavy atom. The number of hydrogen-bond acceptors (Lipinski definition) is 3. The van der Waals surface area contributed by atoms with Gasteiger partial charge in [0.25, 0.3) is 11.8 Å². The van der Waals surface area contributed by atoms with E-state index in [0.29, 0.717) is 24.4 Å². The number of benzene rings is 1. The highest BCUT2D eigenvalue weighted by Gasteiger charge is 2.29. The van der Waals surface area contributed by atoms with Gasteiger partial charge in [-0.1, -0.05) is 31.0 Å². The van der Waals surface area contributed by atoms with Crippen LogP contribution in [-0.2, 0) is 19.5 Å². The molecule has 4 rings (SSSR count). The molecule has 0 spiro atoms. The Bertz CT molecular complexity index is 887. The largest absolute Gasteiger partial charge is 0.347 e. The van der Waals surface area contributed by atoms with E-state index in [9.17, 15) is 14.0 Å². The zero-order valence-corrected chi connectivity index (χ0v) is 15.8. The molecule has 0 bridgehead atoms. The van der Waals surface area contributed by atoms with Crippen LogP contribution in [-0.4, -0.2) is 27.4 Å². The Hall–Kier alpha value is -2.70. The summed E-state index contributed by atoms with van der Waals surface area (Å²) >= 11 is 0. The van der Waals surface area contributed by atoms with E-state index in [1.807, 2.05) is 4.57 Å². The number of amides is 2. The molecular weight excluding hydrogens is 359 g/mol. The molecule has 0 saturated heterocycles. The molecule has 7 heteroatoms. The number of imidazole rings is 1. The van der Waals surface area contributed by atoms with Gasteiger partial charge in [0.15, 0.2) is 5.82 Å². The van der Waals surface area contributed by atoms with Crippen molar-refractivity contribution >= 4 is 11.8 Å². The van der Waals surface area contributed by atoms with Gasteiger partial charge in [0.1, 0.15) is 11.5 Å². The molecule has 148 valence electrons. The van der Waals surface area contributed by atoms with Crippen LogP contribution in [0.2, 0.25) is 0 Å². The van der Waals surface area contributed by atoms with Crippen LogP contribution in [0.1, 0.15) is 70.9 Å². The SMILES string of the molecule is O=C(NCc1ccccc1F)c1nc(C(=O)NC2CCCC2)n2c1CCCC2. The third-order valence-electron chi connectivity index (χ3n) is 5.62. The monoisotopic (exact) mass is 384 g/mol. The molecule has 0 unspecified atom stereocenters. The van der Waals surface area contributed by atoms with Crippen LogP contribution >= 0.6 is 0 Å². The third kappa shape index (κ3) is 3.79. The highest BCUT2D eigenvalue weighted by atomic mass is 19.1. The molecule has 1 aliphatic carbocycles. The van der Waals surface area contributed by atoms with E-state index in [0.717, 1.165) is 44.2 Å². The van der Waals surface area contributed by atoms with Crippen LogP contribution in [0.4, 0.5) is 4.39 Å². The van der Waals surface area contributed by atoms with Gasteiger partial charge in [-0.25, -0.2) is 9.37 Å². The zero-order valence-electron chi connectivity index (χ0n) is 15.8. The molecular formula is C21H25FN4O2. The van der Waals surface area contributed by atoms with Crippen molar-refractivity contribution in [1.29, 1.82) is 0 Å².